The van der Waals surface area contributed by atoms with Gasteiger partial charge in [-0.2, -0.15) is 18.3 Å². The number of aromatic nitrogens is 3. The van der Waals surface area contributed by atoms with Gasteiger partial charge in [0.05, 0.1) is 24.0 Å². The SMILES string of the molecule is O=C(NC1CC1)c1ccc(-c2cnc3c(NCCC(F)(F)F)cc(Br)nn23)cc1. The van der Waals surface area contributed by atoms with Crippen LogP contribution in [0.2, 0.25) is 0 Å². The lowest BCUT2D eigenvalue weighted by molar-refractivity contribution is -0.131. The fourth-order valence-electron chi connectivity index (χ4n) is 2.89. The Kier molecular flexibility index (Phi) is 5.20. The summed E-state index contributed by atoms with van der Waals surface area (Å²) in [5.41, 5.74) is 2.88. The number of rotatable bonds is 6. The predicted octanol–water partition coefficient (Wildman–Crippen LogP) is 4.42. The summed E-state index contributed by atoms with van der Waals surface area (Å²) in [4.78, 5) is 16.4. The van der Waals surface area contributed by atoms with E-state index in [-0.39, 0.29) is 18.5 Å². The predicted molar refractivity (Wildman–Crippen MR) is 106 cm³/mol. The van der Waals surface area contributed by atoms with Crippen LogP contribution in [0.15, 0.2) is 41.1 Å². The van der Waals surface area contributed by atoms with Crippen molar-refractivity contribution in [1.29, 1.82) is 0 Å². The van der Waals surface area contributed by atoms with Crippen LogP contribution < -0.4 is 10.6 Å². The maximum atomic E-state index is 12.4. The fourth-order valence-corrected chi connectivity index (χ4v) is 3.28. The topological polar surface area (TPSA) is 71.3 Å². The molecule has 0 bridgehead atoms. The number of amides is 1. The van der Waals surface area contributed by atoms with E-state index in [9.17, 15) is 18.0 Å². The Morgan fingerprint density at radius 1 is 1.24 bits per heavy atom. The first-order valence-electron chi connectivity index (χ1n) is 9.06. The smallest absolute Gasteiger partial charge is 0.382 e. The summed E-state index contributed by atoms with van der Waals surface area (Å²) in [5, 5.41) is 10.1. The molecule has 6 nitrogen and oxygen atoms in total. The van der Waals surface area contributed by atoms with Crippen molar-refractivity contribution in [3.05, 3.63) is 46.7 Å². The molecular formula is C19H17BrF3N5O. The van der Waals surface area contributed by atoms with E-state index in [1.54, 1.807) is 41.0 Å². The van der Waals surface area contributed by atoms with E-state index < -0.39 is 12.6 Å². The summed E-state index contributed by atoms with van der Waals surface area (Å²) >= 11 is 3.29. The number of carbonyl (C=O) groups excluding carboxylic acids is 1. The normalized spacial score (nSPS) is 14.2. The molecule has 4 rings (SSSR count). The third-order valence-electron chi connectivity index (χ3n) is 4.52. The monoisotopic (exact) mass is 467 g/mol. The standard InChI is InChI=1S/C19H17BrF3N5O/c20-16-9-14(24-8-7-19(21,22)23)17-25-10-15(28(17)27-16)11-1-3-12(4-2-11)18(29)26-13-5-6-13/h1-4,9-10,13,24H,5-8H2,(H,26,29). The molecular weight excluding hydrogens is 451 g/mol. The van der Waals surface area contributed by atoms with Crippen LogP contribution in [0.3, 0.4) is 0 Å². The Labute approximate surface area is 172 Å². The quantitative estimate of drug-likeness (QED) is 0.562. The zero-order chi connectivity index (χ0) is 20.6. The number of carbonyl (C=O) groups is 1. The molecule has 0 spiro atoms. The van der Waals surface area contributed by atoms with E-state index in [0.717, 1.165) is 18.4 Å². The maximum Gasteiger partial charge on any atom is 0.390 e. The number of imidazole rings is 1. The van der Waals surface area contributed by atoms with Gasteiger partial charge >= 0.3 is 6.18 Å². The van der Waals surface area contributed by atoms with Gasteiger partial charge in [0.25, 0.3) is 5.91 Å². The van der Waals surface area contributed by atoms with Crippen molar-refractivity contribution in [3.63, 3.8) is 0 Å². The minimum absolute atomic E-state index is 0.103. The van der Waals surface area contributed by atoms with Crippen LogP contribution in [-0.4, -0.2) is 39.3 Å². The molecule has 1 aliphatic carbocycles. The number of anilines is 1. The van der Waals surface area contributed by atoms with E-state index >= 15 is 0 Å². The number of nitrogens with one attached hydrogen (secondary N) is 2. The number of hydrogen-bond acceptors (Lipinski definition) is 4. The zero-order valence-electron chi connectivity index (χ0n) is 15.1. The van der Waals surface area contributed by atoms with Crippen molar-refractivity contribution in [3.8, 4) is 11.3 Å². The number of nitrogens with zero attached hydrogens (tertiary/aromatic N) is 3. The summed E-state index contributed by atoms with van der Waals surface area (Å²) in [6.45, 7) is -0.261. The van der Waals surface area contributed by atoms with E-state index in [1.165, 1.54) is 0 Å². The molecule has 0 atom stereocenters. The second-order valence-electron chi connectivity index (χ2n) is 6.88. The van der Waals surface area contributed by atoms with Gasteiger partial charge in [0, 0.05) is 23.7 Å². The third kappa shape index (κ3) is 4.69. The highest BCUT2D eigenvalue weighted by Crippen LogP contribution is 2.27. The Bertz CT molecular complexity index is 1040. The number of fused-ring (bicyclic) bond motifs is 1. The molecule has 1 aliphatic rings. The molecule has 2 heterocycles. The van der Waals surface area contributed by atoms with Crippen molar-refractivity contribution in [1.82, 2.24) is 19.9 Å². The van der Waals surface area contributed by atoms with Crippen molar-refractivity contribution in [2.24, 2.45) is 0 Å². The van der Waals surface area contributed by atoms with Gasteiger partial charge in [0.2, 0.25) is 0 Å². The molecule has 0 unspecified atom stereocenters. The van der Waals surface area contributed by atoms with Gasteiger partial charge in [-0.25, -0.2) is 9.50 Å². The Hall–Kier alpha value is -2.62. The molecule has 1 aromatic carbocycles. The van der Waals surface area contributed by atoms with E-state index in [0.29, 0.717) is 27.2 Å². The largest absolute Gasteiger partial charge is 0.390 e. The summed E-state index contributed by atoms with van der Waals surface area (Å²) in [6.07, 6.45) is -1.54. The number of benzene rings is 1. The summed E-state index contributed by atoms with van der Waals surface area (Å²) in [5.74, 6) is -0.103. The van der Waals surface area contributed by atoms with Crippen LogP contribution in [0.1, 0.15) is 29.6 Å². The average molecular weight is 468 g/mol. The van der Waals surface area contributed by atoms with E-state index in [1.807, 2.05) is 0 Å². The molecule has 0 aliphatic heterocycles. The highest BCUT2D eigenvalue weighted by Gasteiger charge is 2.26. The molecule has 29 heavy (non-hydrogen) atoms. The zero-order valence-corrected chi connectivity index (χ0v) is 16.7. The van der Waals surface area contributed by atoms with Gasteiger partial charge in [-0.15, -0.1) is 0 Å². The Balaban J connectivity index is 1.58. The highest BCUT2D eigenvalue weighted by molar-refractivity contribution is 9.10. The van der Waals surface area contributed by atoms with Gasteiger partial charge in [0.1, 0.15) is 4.60 Å². The molecule has 2 aromatic heterocycles. The molecule has 0 radical (unpaired) electrons. The molecule has 10 heteroatoms. The summed E-state index contributed by atoms with van der Waals surface area (Å²) < 4.78 is 39.3. The maximum absolute atomic E-state index is 12.4. The number of hydrogen-bond donors (Lipinski definition) is 2. The number of halogens is 4. The van der Waals surface area contributed by atoms with Gasteiger partial charge < -0.3 is 10.6 Å². The summed E-state index contributed by atoms with van der Waals surface area (Å²) in [7, 11) is 0. The first-order valence-corrected chi connectivity index (χ1v) is 9.86. The lowest BCUT2D eigenvalue weighted by Gasteiger charge is -2.11. The fraction of sp³-hybridized carbons (Fsp3) is 0.316. The molecule has 152 valence electrons. The second kappa shape index (κ2) is 7.66. The van der Waals surface area contributed by atoms with Crippen molar-refractivity contribution in [2.75, 3.05) is 11.9 Å². The first-order chi connectivity index (χ1) is 13.8. The van der Waals surface area contributed by atoms with Crippen LogP contribution in [0.25, 0.3) is 16.9 Å². The lowest BCUT2D eigenvalue weighted by Crippen LogP contribution is -2.25. The molecule has 1 fully saturated rings. The van der Waals surface area contributed by atoms with Crippen LogP contribution in [0.5, 0.6) is 0 Å². The molecule has 3 aromatic rings. The highest BCUT2D eigenvalue weighted by atomic mass is 79.9. The van der Waals surface area contributed by atoms with E-state index in [2.05, 4.69) is 36.6 Å². The molecule has 2 N–H and O–H groups in total. The lowest BCUT2D eigenvalue weighted by atomic mass is 10.1. The van der Waals surface area contributed by atoms with Gasteiger partial charge in [0.15, 0.2) is 5.65 Å². The third-order valence-corrected chi connectivity index (χ3v) is 4.90. The van der Waals surface area contributed by atoms with Crippen LogP contribution in [0.4, 0.5) is 18.9 Å². The molecule has 0 saturated heterocycles. The summed E-state index contributed by atoms with van der Waals surface area (Å²) in [6, 6.07) is 8.92. The van der Waals surface area contributed by atoms with Crippen LogP contribution in [0, 0.1) is 0 Å². The first kappa shape index (κ1) is 19.7. The Morgan fingerprint density at radius 2 is 1.97 bits per heavy atom. The van der Waals surface area contributed by atoms with Gasteiger partial charge in [-0.3, -0.25) is 4.79 Å². The Morgan fingerprint density at radius 3 is 2.62 bits per heavy atom. The van der Waals surface area contributed by atoms with E-state index in [4.69, 9.17) is 0 Å². The van der Waals surface area contributed by atoms with Crippen molar-refractivity contribution >= 4 is 33.2 Å². The van der Waals surface area contributed by atoms with Gasteiger partial charge in [-0.05, 0) is 47.0 Å². The molecule has 1 saturated carbocycles. The molecule has 1 amide bonds. The second-order valence-corrected chi connectivity index (χ2v) is 7.69. The number of alkyl halides is 3. The van der Waals surface area contributed by atoms with Crippen LogP contribution in [-0.2, 0) is 0 Å². The van der Waals surface area contributed by atoms with Crippen molar-refractivity contribution < 1.29 is 18.0 Å². The van der Waals surface area contributed by atoms with Crippen molar-refractivity contribution in [2.45, 2.75) is 31.5 Å². The minimum atomic E-state index is -4.23. The minimum Gasteiger partial charge on any atom is -0.382 e. The average Bonchev–Trinajstić information content (AvgIpc) is 3.37. The van der Waals surface area contributed by atoms with Gasteiger partial charge in [-0.1, -0.05) is 12.1 Å². The van der Waals surface area contributed by atoms with Crippen LogP contribution >= 0.6 is 15.9 Å².